The van der Waals surface area contributed by atoms with E-state index in [1.54, 1.807) is 37.4 Å². The molecule has 1 N–H and O–H groups in total. The van der Waals surface area contributed by atoms with Crippen molar-refractivity contribution in [3.05, 3.63) is 88.9 Å². The fourth-order valence-corrected chi connectivity index (χ4v) is 6.77. The molecular weight excluding hydrogens is 574 g/mol. The molecule has 0 aliphatic heterocycles. The third-order valence-electron chi connectivity index (χ3n) is 7.58. The predicted octanol–water partition coefficient (Wildman–Crippen LogP) is 5.72. The average Bonchev–Trinajstić information content (AvgIpc) is 3.49. The second-order valence-electron chi connectivity index (χ2n) is 10.6. The molecule has 3 aromatic carbocycles. The number of ether oxygens (including phenoxy) is 1. The number of nitrogens with zero attached hydrogens (tertiary/aromatic N) is 2. The molecule has 2 amide bonds. The number of benzene rings is 3. The largest absolute Gasteiger partial charge is 0.497 e. The predicted molar refractivity (Wildman–Crippen MR) is 165 cm³/mol. The number of aryl methyl sites for hydroxylation is 1. The monoisotopic (exact) mass is 611 g/mol. The molecule has 0 radical (unpaired) electrons. The van der Waals surface area contributed by atoms with Crippen molar-refractivity contribution in [2.45, 2.75) is 69.5 Å². The van der Waals surface area contributed by atoms with Crippen molar-refractivity contribution >= 4 is 39.1 Å². The van der Waals surface area contributed by atoms with Crippen LogP contribution in [0.1, 0.15) is 50.2 Å². The molecule has 0 bridgehead atoms. The number of sulfonamides is 1. The van der Waals surface area contributed by atoms with Crippen molar-refractivity contribution in [2.24, 2.45) is 0 Å². The van der Waals surface area contributed by atoms with Crippen LogP contribution in [0.2, 0.25) is 5.02 Å². The minimum absolute atomic E-state index is 0.00522. The zero-order valence-corrected chi connectivity index (χ0v) is 25.8. The number of hydrogen-bond donors (Lipinski definition) is 1. The summed E-state index contributed by atoms with van der Waals surface area (Å²) in [7, 11) is -2.60. The van der Waals surface area contributed by atoms with Crippen LogP contribution in [0, 0.1) is 6.92 Å². The van der Waals surface area contributed by atoms with Gasteiger partial charge in [0.1, 0.15) is 18.3 Å². The van der Waals surface area contributed by atoms with E-state index in [-0.39, 0.29) is 23.4 Å². The Hall–Kier alpha value is -3.56. The SMILES string of the molecule is CC[C@@H](C(=O)NC1CCCC1)N(Cc1cccc(OC)c1)C(=O)CN(c1ccc(C)cc1)S(=O)(=O)c1ccc(Cl)cc1. The maximum absolute atomic E-state index is 14.2. The molecule has 0 saturated heterocycles. The molecule has 1 saturated carbocycles. The molecule has 1 atom stereocenters. The van der Waals surface area contributed by atoms with E-state index in [9.17, 15) is 18.0 Å². The van der Waals surface area contributed by atoms with Crippen LogP contribution in [0.5, 0.6) is 5.75 Å². The van der Waals surface area contributed by atoms with Gasteiger partial charge >= 0.3 is 0 Å². The third kappa shape index (κ3) is 7.63. The van der Waals surface area contributed by atoms with Crippen molar-refractivity contribution in [1.82, 2.24) is 10.2 Å². The fraction of sp³-hybridized carbons (Fsp3) is 0.375. The standard InChI is InChI=1S/C32H38ClN3O5S/c1-4-30(32(38)34-26-9-5-6-10-26)35(21-24-8-7-11-28(20-24)41-3)31(37)22-36(27-16-12-23(2)13-17-27)42(39,40)29-18-14-25(33)15-19-29/h7-8,11-20,26,30H,4-6,9-10,21-22H2,1-3H3,(H,34,38)/t30-/m0/s1. The molecule has 8 nitrogen and oxygen atoms in total. The lowest BCUT2D eigenvalue weighted by molar-refractivity contribution is -0.140. The number of hydrogen-bond acceptors (Lipinski definition) is 5. The Balaban J connectivity index is 1.71. The molecular formula is C32H38ClN3O5S. The van der Waals surface area contributed by atoms with E-state index in [1.165, 1.54) is 29.2 Å². The number of halogens is 1. The first-order valence-corrected chi connectivity index (χ1v) is 16.0. The van der Waals surface area contributed by atoms with E-state index in [1.807, 2.05) is 32.0 Å². The summed E-state index contributed by atoms with van der Waals surface area (Å²) in [6.45, 7) is 3.37. The van der Waals surface area contributed by atoms with Crippen molar-refractivity contribution in [3.8, 4) is 5.75 Å². The zero-order chi connectivity index (χ0) is 30.3. The maximum Gasteiger partial charge on any atom is 0.264 e. The van der Waals surface area contributed by atoms with Crippen LogP contribution in [-0.4, -0.2) is 50.9 Å². The molecule has 4 rings (SSSR count). The van der Waals surface area contributed by atoms with Gasteiger partial charge in [-0.25, -0.2) is 8.42 Å². The Morgan fingerprint density at radius 2 is 1.69 bits per heavy atom. The van der Waals surface area contributed by atoms with Crippen LogP contribution in [0.4, 0.5) is 5.69 Å². The minimum Gasteiger partial charge on any atom is -0.497 e. The second kappa shape index (κ2) is 14.1. The number of carbonyl (C=O) groups excluding carboxylic acids is 2. The zero-order valence-electron chi connectivity index (χ0n) is 24.3. The molecule has 1 aliphatic rings. The molecule has 224 valence electrons. The Labute approximate surface area is 253 Å². The second-order valence-corrected chi connectivity index (χ2v) is 12.9. The van der Waals surface area contributed by atoms with E-state index in [2.05, 4.69) is 5.32 Å². The first-order chi connectivity index (χ1) is 20.1. The number of methoxy groups -OCH3 is 1. The maximum atomic E-state index is 14.2. The highest BCUT2D eigenvalue weighted by atomic mass is 35.5. The summed E-state index contributed by atoms with van der Waals surface area (Å²) in [5.41, 5.74) is 2.05. The van der Waals surface area contributed by atoms with Gasteiger partial charge in [-0.3, -0.25) is 13.9 Å². The molecule has 42 heavy (non-hydrogen) atoms. The fourth-order valence-electron chi connectivity index (χ4n) is 5.23. The normalized spacial score (nSPS) is 14.3. The number of carbonyl (C=O) groups is 2. The van der Waals surface area contributed by atoms with Gasteiger partial charge in [-0.2, -0.15) is 0 Å². The summed E-state index contributed by atoms with van der Waals surface area (Å²) in [6, 6.07) is 19.3. The summed E-state index contributed by atoms with van der Waals surface area (Å²) in [5, 5.41) is 3.52. The Bertz CT molecular complexity index is 1470. The van der Waals surface area contributed by atoms with Crippen LogP contribution in [0.25, 0.3) is 0 Å². The molecule has 1 aliphatic carbocycles. The molecule has 3 aromatic rings. The van der Waals surface area contributed by atoms with Gasteiger partial charge in [0, 0.05) is 17.6 Å². The van der Waals surface area contributed by atoms with Crippen LogP contribution in [-0.2, 0) is 26.2 Å². The van der Waals surface area contributed by atoms with Crippen molar-refractivity contribution in [2.75, 3.05) is 18.0 Å². The van der Waals surface area contributed by atoms with E-state index in [0.29, 0.717) is 22.9 Å². The van der Waals surface area contributed by atoms with Crippen LogP contribution < -0.4 is 14.4 Å². The number of nitrogens with one attached hydrogen (secondary N) is 1. The summed E-state index contributed by atoms with van der Waals surface area (Å²) < 4.78 is 34.4. The molecule has 1 fully saturated rings. The molecule has 0 unspecified atom stereocenters. The molecule has 10 heteroatoms. The van der Waals surface area contributed by atoms with Crippen molar-refractivity contribution < 1.29 is 22.7 Å². The number of amides is 2. The van der Waals surface area contributed by atoms with Gasteiger partial charge < -0.3 is 15.0 Å². The third-order valence-corrected chi connectivity index (χ3v) is 9.62. The topological polar surface area (TPSA) is 96.0 Å². The Morgan fingerprint density at radius 3 is 2.31 bits per heavy atom. The summed E-state index contributed by atoms with van der Waals surface area (Å²) in [6.07, 6.45) is 4.30. The molecule has 0 spiro atoms. The number of rotatable bonds is 12. The van der Waals surface area contributed by atoms with Gasteiger partial charge in [-0.1, -0.05) is 61.2 Å². The van der Waals surface area contributed by atoms with Gasteiger partial charge in [-0.05, 0) is 80.3 Å². The van der Waals surface area contributed by atoms with Gasteiger partial charge in [0.2, 0.25) is 11.8 Å². The van der Waals surface area contributed by atoms with E-state index >= 15 is 0 Å². The lowest BCUT2D eigenvalue weighted by Crippen LogP contribution is -2.53. The molecule has 0 aromatic heterocycles. The first-order valence-electron chi connectivity index (χ1n) is 14.2. The lowest BCUT2D eigenvalue weighted by Gasteiger charge is -2.34. The highest BCUT2D eigenvalue weighted by Gasteiger charge is 2.34. The molecule has 0 heterocycles. The Kier molecular flexibility index (Phi) is 10.5. The highest BCUT2D eigenvalue weighted by molar-refractivity contribution is 7.92. The van der Waals surface area contributed by atoms with E-state index in [0.717, 1.165) is 41.1 Å². The van der Waals surface area contributed by atoms with Gasteiger partial charge in [-0.15, -0.1) is 0 Å². The smallest absolute Gasteiger partial charge is 0.264 e. The summed E-state index contributed by atoms with van der Waals surface area (Å²) in [4.78, 5) is 29.3. The van der Waals surface area contributed by atoms with Crippen molar-refractivity contribution in [1.29, 1.82) is 0 Å². The highest BCUT2D eigenvalue weighted by Crippen LogP contribution is 2.27. The van der Waals surface area contributed by atoms with Crippen LogP contribution >= 0.6 is 11.6 Å². The van der Waals surface area contributed by atoms with Crippen LogP contribution in [0.15, 0.2) is 77.7 Å². The van der Waals surface area contributed by atoms with Crippen molar-refractivity contribution in [3.63, 3.8) is 0 Å². The summed E-state index contributed by atoms with van der Waals surface area (Å²) >= 11 is 6.03. The van der Waals surface area contributed by atoms with Gasteiger partial charge in [0.25, 0.3) is 10.0 Å². The Morgan fingerprint density at radius 1 is 1.02 bits per heavy atom. The minimum atomic E-state index is -4.16. The van der Waals surface area contributed by atoms with Gasteiger partial charge in [0.05, 0.1) is 17.7 Å². The average molecular weight is 612 g/mol. The van der Waals surface area contributed by atoms with E-state index in [4.69, 9.17) is 16.3 Å². The number of anilines is 1. The first kappa shape index (κ1) is 31.4. The summed E-state index contributed by atoms with van der Waals surface area (Å²) in [5.74, 6) is -0.109. The van der Waals surface area contributed by atoms with Gasteiger partial charge in [0.15, 0.2) is 0 Å². The quantitative estimate of drug-likeness (QED) is 0.283. The van der Waals surface area contributed by atoms with Crippen LogP contribution in [0.3, 0.4) is 0 Å². The lowest BCUT2D eigenvalue weighted by atomic mass is 10.1. The van der Waals surface area contributed by atoms with E-state index < -0.39 is 28.5 Å².